The van der Waals surface area contributed by atoms with E-state index in [0.717, 1.165) is 6.07 Å². The zero-order valence-electron chi connectivity index (χ0n) is 14.5. The van der Waals surface area contributed by atoms with Crippen LogP contribution < -0.4 is 10.5 Å². The number of halogens is 4. The van der Waals surface area contributed by atoms with Crippen molar-refractivity contribution in [3.63, 3.8) is 0 Å². The first-order valence-electron chi connectivity index (χ1n) is 7.89. The monoisotopic (exact) mass is 380 g/mol. The molecule has 0 spiro atoms. The van der Waals surface area contributed by atoms with Crippen LogP contribution in [-0.2, 0) is 11.0 Å². The molecule has 142 valence electrons. The van der Waals surface area contributed by atoms with Crippen LogP contribution in [0.5, 0.6) is 5.75 Å². The molecule has 2 unspecified atom stereocenters. The van der Waals surface area contributed by atoms with Crippen molar-refractivity contribution in [3.8, 4) is 5.75 Å². The SMILES string of the molecule is CC(Oc1ccccc1C(F)(F)F)C(=O)N1CCC(N)C(C)(C)C1.Cl. The standard InChI is InChI=1S/C17H23F3N2O2.ClH/c1-11(15(23)22-9-8-14(21)16(2,3)10-22)24-13-7-5-4-6-12(13)17(18,19)20;/h4-7,11,14H,8-10,21H2,1-3H3;1H. The van der Waals surface area contributed by atoms with Crippen LogP contribution in [-0.4, -0.2) is 36.0 Å². The quantitative estimate of drug-likeness (QED) is 0.873. The summed E-state index contributed by atoms with van der Waals surface area (Å²) in [6.07, 6.45) is -4.87. The lowest BCUT2D eigenvalue weighted by molar-refractivity contribution is -0.145. The second kappa shape index (κ2) is 7.83. The van der Waals surface area contributed by atoms with Crippen LogP contribution in [0.25, 0.3) is 0 Å². The van der Waals surface area contributed by atoms with Crippen molar-refractivity contribution in [2.75, 3.05) is 13.1 Å². The van der Waals surface area contributed by atoms with Gasteiger partial charge in [0.25, 0.3) is 5.91 Å². The van der Waals surface area contributed by atoms with Crippen LogP contribution >= 0.6 is 12.4 Å². The third-order valence-electron chi connectivity index (χ3n) is 4.47. The molecule has 0 aliphatic carbocycles. The van der Waals surface area contributed by atoms with Crippen molar-refractivity contribution in [2.45, 2.75) is 45.5 Å². The number of carbonyl (C=O) groups excluding carboxylic acids is 1. The van der Waals surface area contributed by atoms with E-state index in [-0.39, 0.29) is 35.5 Å². The van der Waals surface area contributed by atoms with Crippen molar-refractivity contribution in [1.82, 2.24) is 4.90 Å². The topological polar surface area (TPSA) is 55.6 Å². The minimum Gasteiger partial charge on any atom is -0.480 e. The lowest BCUT2D eigenvalue weighted by atomic mass is 9.79. The molecule has 0 radical (unpaired) electrons. The van der Waals surface area contributed by atoms with E-state index in [1.54, 1.807) is 4.90 Å². The van der Waals surface area contributed by atoms with Crippen LogP contribution in [0.2, 0.25) is 0 Å². The Hall–Kier alpha value is -1.47. The zero-order chi connectivity index (χ0) is 18.1. The first-order chi connectivity index (χ1) is 11.0. The highest BCUT2D eigenvalue weighted by molar-refractivity contribution is 5.85. The van der Waals surface area contributed by atoms with Crippen molar-refractivity contribution in [1.29, 1.82) is 0 Å². The van der Waals surface area contributed by atoms with Gasteiger partial charge in [0.05, 0.1) is 5.56 Å². The van der Waals surface area contributed by atoms with Crippen molar-refractivity contribution < 1.29 is 22.7 Å². The Labute approximate surface area is 151 Å². The molecule has 0 saturated carbocycles. The van der Waals surface area contributed by atoms with E-state index in [1.165, 1.54) is 25.1 Å². The summed E-state index contributed by atoms with van der Waals surface area (Å²) in [6, 6.07) is 4.89. The zero-order valence-corrected chi connectivity index (χ0v) is 15.3. The summed E-state index contributed by atoms with van der Waals surface area (Å²) >= 11 is 0. The highest BCUT2D eigenvalue weighted by atomic mass is 35.5. The molecule has 1 saturated heterocycles. The molecule has 0 bridgehead atoms. The number of alkyl halides is 3. The molecule has 0 aromatic heterocycles. The molecule has 1 aliphatic heterocycles. The van der Waals surface area contributed by atoms with Gasteiger partial charge in [-0.25, -0.2) is 0 Å². The third-order valence-corrected chi connectivity index (χ3v) is 4.47. The molecular formula is C17H24ClF3N2O2. The van der Waals surface area contributed by atoms with Crippen molar-refractivity contribution in [2.24, 2.45) is 11.1 Å². The average molecular weight is 381 g/mol. The summed E-state index contributed by atoms with van der Waals surface area (Å²) in [4.78, 5) is 14.2. The van der Waals surface area contributed by atoms with E-state index in [9.17, 15) is 18.0 Å². The molecule has 1 aromatic rings. The van der Waals surface area contributed by atoms with Crippen LogP contribution in [0, 0.1) is 5.41 Å². The fraction of sp³-hybridized carbons (Fsp3) is 0.588. The molecule has 4 nitrogen and oxygen atoms in total. The van der Waals surface area contributed by atoms with E-state index < -0.39 is 17.8 Å². The number of ether oxygens (including phenoxy) is 1. The number of piperidine rings is 1. The Bertz CT molecular complexity index is 608. The lowest BCUT2D eigenvalue weighted by Crippen LogP contribution is -2.56. The summed E-state index contributed by atoms with van der Waals surface area (Å²) in [5.74, 6) is -0.661. The number of nitrogens with two attached hydrogens (primary N) is 1. The highest BCUT2D eigenvalue weighted by Crippen LogP contribution is 2.36. The van der Waals surface area contributed by atoms with Crippen LogP contribution in [0.3, 0.4) is 0 Å². The molecule has 1 amide bonds. The average Bonchev–Trinajstić information content (AvgIpc) is 2.48. The van der Waals surface area contributed by atoms with Crippen LogP contribution in [0.15, 0.2) is 24.3 Å². The number of para-hydroxylation sites is 1. The third kappa shape index (κ3) is 5.01. The molecule has 1 aromatic carbocycles. The van der Waals surface area contributed by atoms with Gasteiger partial charge in [0.1, 0.15) is 5.75 Å². The van der Waals surface area contributed by atoms with Crippen molar-refractivity contribution in [3.05, 3.63) is 29.8 Å². The number of hydrogen-bond donors (Lipinski definition) is 1. The fourth-order valence-electron chi connectivity index (χ4n) is 2.86. The number of likely N-dealkylation sites (tertiary alicyclic amines) is 1. The van der Waals surface area contributed by atoms with Crippen molar-refractivity contribution >= 4 is 18.3 Å². The summed E-state index contributed by atoms with van der Waals surface area (Å²) in [6.45, 7) is 6.36. The Kier molecular flexibility index (Phi) is 6.75. The maximum absolute atomic E-state index is 13.0. The number of carbonyl (C=O) groups is 1. The first kappa shape index (κ1) is 21.6. The van der Waals surface area contributed by atoms with Gasteiger partial charge in [0, 0.05) is 19.1 Å². The number of nitrogens with zero attached hydrogens (tertiary/aromatic N) is 1. The van der Waals surface area contributed by atoms with E-state index in [0.29, 0.717) is 19.5 Å². The minimum absolute atomic E-state index is 0. The van der Waals surface area contributed by atoms with Gasteiger partial charge in [-0.05, 0) is 30.9 Å². The highest BCUT2D eigenvalue weighted by Gasteiger charge is 2.38. The first-order valence-corrected chi connectivity index (χ1v) is 7.89. The maximum atomic E-state index is 13.0. The Balaban J connectivity index is 0.00000312. The lowest BCUT2D eigenvalue weighted by Gasteiger charge is -2.43. The van der Waals surface area contributed by atoms with Gasteiger partial charge in [0.15, 0.2) is 6.10 Å². The molecule has 1 fully saturated rings. The second-order valence-electron chi connectivity index (χ2n) is 6.90. The maximum Gasteiger partial charge on any atom is 0.419 e. The van der Waals surface area contributed by atoms with Gasteiger partial charge >= 0.3 is 6.18 Å². The van der Waals surface area contributed by atoms with Gasteiger partial charge in [-0.3, -0.25) is 4.79 Å². The number of hydrogen-bond acceptors (Lipinski definition) is 3. The van der Waals surface area contributed by atoms with Gasteiger partial charge < -0.3 is 15.4 Å². The molecule has 2 atom stereocenters. The Morgan fingerprint density at radius 1 is 1.36 bits per heavy atom. The second-order valence-corrected chi connectivity index (χ2v) is 6.90. The van der Waals surface area contributed by atoms with Gasteiger partial charge in [-0.2, -0.15) is 13.2 Å². The smallest absolute Gasteiger partial charge is 0.419 e. The van der Waals surface area contributed by atoms with Crippen LogP contribution in [0.4, 0.5) is 13.2 Å². The molecule has 1 aliphatic rings. The molecule has 8 heteroatoms. The normalized spacial score (nSPS) is 21.2. The van der Waals surface area contributed by atoms with Gasteiger partial charge in [-0.1, -0.05) is 26.0 Å². The predicted molar refractivity (Wildman–Crippen MR) is 91.7 cm³/mol. The molecular weight excluding hydrogens is 357 g/mol. The fourth-order valence-corrected chi connectivity index (χ4v) is 2.86. The van der Waals surface area contributed by atoms with E-state index in [1.807, 2.05) is 13.8 Å². The number of rotatable bonds is 3. The summed E-state index contributed by atoms with van der Waals surface area (Å²) in [5.41, 5.74) is 4.93. The minimum atomic E-state index is -4.53. The summed E-state index contributed by atoms with van der Waals surface area (Å²) in [5, 5.41) is 0. The predicted octanol–water partition coefficient (Wildman–Crippen LogP) is 3.48. The summed E-state index contributed by atoms with van der Waals surface area (Å²) < 4.78 is 44.4. The Morgan fingerprint density at radius 2 is 1.96 bits per heavy atom. The van der Waals surface area contributed by atoms with Gasteiger partial charge in [-0.15, -0.1) is 12.4 Å². The molecule has 1 heterocycles. The largest absolute Gasteiger partial charge is 0.480 e. The molecule has 25 heavy (non-hydrogen) atoms. The Morgan fingerprint density at radius 3 is 2.52 bits per heavy atom. The number of amides is 1. The summed E-state index contributed by atoms with van der Waals surface area (Å²) in [7, 11) is 0. The number of benzene rings is 1. The van der Waals surface area contributed by atoms with E-state index in [4.69, 9.17) is 10.5 Å². The van der Waals surface area contributed by atoms with Crippen LogP contribution in [0.1, 0.15) is 32.8 Å². The van der Waals surface area contributed by atoms with Gasteiger partial charge in [0.2, 0.25) is 0 Å². The van der Waals surface area contributed by atoms with E-state index >= 15 is 0 Å². The van der Waals surface area contributed by atoms with E-state index in [2.05, 4.69) is 0 Å². The molecule has 2 N–H and O–H groups in total. The molecule has 2 rings (SSSR count).